The molecule has 2 N–H and O–H groups in total. The minimum absolute atomic E-state index is 0.158. The zero-order valence-electron chi connectivity index (χ0n) is 7.86. The van der Waals surface area contributed by atoms with Crippen LogP contribution in [0.2, 0.25) is 0 Å². The van der Waals surface area contributed by atoms with Crippen molar-refractivity contribution in [1.29, 1.82) is 0 Å². The summed E-state index contributed by atoms with van der Waals surface area (Å²) in [5.74, 6) is -0.206. The van der Waals surface area contributed by atoms with E-state index in [2.05, 4.69) is 15.1 Å². The number of carbonyl (C=O) groups is 1. The Labute approximate surface area is 81.7 Å². The molecule has 14 heavy (non-hydrogen) atoms. The first-order valence-electron chi connectivity index (χ1n) is 4.81. The van der Waals surface area contributed by atoms with Gasteiger partial charge in [-0.15, -0.1) is 0 Å². The number of hydrogen-bond acceptors (Lipinski definition) is 3. The highest BCUT2D eigenvalue weighted by Crippen LogP contribution is 2.17. The van der Waals surface area contributed by atoms with Crippen molar-refractivity contribution in [1.82, 2.24) is 10.2 Å². The van der Waals surface area contributed by atoms with E-state index < -0.39 is 5.97 Å². The van der Waals surface area contributed by atoms with E-state index >= 15 is 0 Å². The zero-order valence-corrected chi connectivity index (χ0v) is 7.86. The molecule has 2 heterocycles. The Morgan fingerprint density at radius 3 is 2.71 bits per heavy atom. The molecule has 1 saturated heterocycles. The second-order valence-corrected chi connectivity index (χ2v) is 3.49. The van der Waals surface area contributed by atoms with Crippen LogP contribution in [-0.2, 0) is 0 Å². The van der Waals surface area contributed by atoms with Crippen molar-refractivity contribution in [3.63, 3.8) is 0 Å². The van der Waals surface area contributed by atoms with Gasteiger partial charge in [-0.25, -0.2) is 4.79 Å². The fourth-order valence-corrected chi connectivity index (χ4v) is 1.71. The Bertz CT molecular complexity index is 329. The lowest BCUT2D eigenvalue weighted by molar-refractivity contribution is 0.0690. The molecule has 5 nitrogen and oxygen atoms in total. The molecule has 1 aromatic heterocycles. The quantitative estimate of drug-likeness (QED) is 0.741. The minimum Gasteiger partial charge on any atom is -0.477 e. The van der Waals surface area contributed by atoms with Crippen LogP contribution in [0, 0.1) is 0 Å². The number of piperidine rings is 1. The molecule has 0 radical (unpaired) electrons. The van der Waals surface area contributed by atoms with Crippen LogP contribution in [0.1, 0.15) is 29.8 Å². The maximum absolute atomic E-state index is 10.6. The summed E-state index contributed by atoms with van der Waals surface area (Å²) in [5, 5.41) is 15.2. The lowest BCUT2D eigenvalue weighted by Gasteiger charge is -2.26. The van der Waals surface area contributed by atoms with Crippen molar-refractivity contribution in [3.05, 3.63) is 11.8 Å². The van der Waals surface area contributed by atoms with Gasteiger partial charge in [0.2, 0.25) is 0 Å². The summed E-state index contributed by atoms with van der Waals surface area (Å²) in [6.45, 7) is 1.95. The number of aromatic amines is 1. The number of H-pyrrole nitrogens is 1. The summed E-state index contributed by atoms with van der Waals surface area (Å²) >= 11 is 0. The number of hydrogen-bond donors (Lipinski definition) is 2. The van der Waals surface area contributed by atoms with Gasteiger partial charge < -0.3 is 10.0 Å². The van der Waals surface area contributed by atoms with Crippen LogP contribution in [0.3, 0.4) is 0 Å². The van der Waals surface area contributed by atoms with E-state index in [4.69, 9.17) is 5.11 Å². The summed E-state index contributed by atoms with van der Waals surface area (Å²) < 4.78 is 0. The normalized spacial score (nSPS) is 17.0. The predicted molar refractivity (Wildman–Crippen MR) is 51.6 cm³/mol. The topological polar surface area (TPSA) is 69.2 Å². The summed E-state index contributed by atoms with van der Waals surface area (Å²) in [6, 6.07) is 1.59. The van der Waals surface area contributed by atoms with Gasteiger partial charge in [0.15, 0.2) is 5.82 Å². The second-order valence-electron chi connectivity index (χ2n) is 3.49. The van der Waals surface area contributed by atoms with Crippen molar-refractivity contribution >= 4 is 11.8 Å². The van der Waals surface area contributed by atoms with Gasteiger partial charge >= 0.3 is 5.97 Å². The van der Waals surface area contributed by atoms with E-state index in [1.807, 2.05) is 0 Å². The van der Waals surface area contributed by atoms with Gasteiger partial charge in [-0.05, 0) is 19.3 Å². The molecule has 0 unspecified atom stereocenters. The maximum atomic E-state index is 10.6. The molecule has 0 aromatic carbocycles. The van der Waals surface area contributed by atoms with Crippen molar-refractivity contribution in [2.45, 2.75) is 19.3 Å². The molecule has 0 amide bonds. The second kappa shape index (κ2) is 3.69. The number of nitrogens with zero attached hydrogens (tertiary/aromatic N) is 2. The van der Waals surface area contributed by atoms with E-state index in [1.54, 1.807) is 6.07 Å². The summed E-state index contributed by atoms with van der Waals surface area (Å²) in [7, 11) is 0. The van der Waals surface area contributed by atoms with Crippen molar-refractivity contribution in [3.8, 4) is 0 Å². The molecule has 1 aliphatic heterocycles. The van der Waals surface area contributed by atoms with Gasteiger partial charge in [0.1, 0.15) is 5.69 Å². The monoisotopic (exact) mass is 195 g/mol. The average Bonchev–Trinajstić information content (AvgIpc) is 2.68. The summed E-state index contributed by atoms with van der Waals surface area (Å²) in [5.41, 5.74) is 0.158. The highest BCUT2D eigenvalue weighted by atomic mass is 16.4. The SMILES string of the molecule is O=C(O)c1cc(N2CCCCC2)n[nH]1. The third-order valence-corrected chi connectivity index (χ3v) is 2.47. The number of aromatic carboxylic acids is 1. The lowest BCUT2D eigenvalue weighted by Crippen LogP contribution is -2.29. The van der Waals surface area contributed by atoms with Gasteiger partial charge in [-0.1, -0.05) is 0 Å². The van der Waals surface area contributed by atoms with Crippen LogP contribution in [0.15, 0.2) is 6.07 Å². The lowest BCUT2D eigenvalue weighted by atomic mass is 10.1. The number of carboxylic acids is 1. The smallest absolute Gasteiger partial charge is 0.353 e. The van der Waals surface area contributed by atoms with Crippen molar-refractivity contribution < 1.29 is 9.90 Å². The van der Waals surface area contributed by atoms with E-state index in [0.29, 0.717) is 0 Å². The first-order valence-corrected chi connectivity index (χ1v) is 4.81. The summed E-state index contributed by atoms with van der Waals surface area (Å²) in [4.78, 5) is 12.7. The highest BCUT2D eigenvalue weighted by molar-refractivity contribution is 5.86. The Hall–Kier alpha value is -1.52. The predicted octanol–water partition coefficient (Wildman–Crippen LogP) is 1.10. The molecule has 76 valence electrons. The van der Waals surface area contributed by atoms with Crippen LogP contribution >= 0.6 is 0 Å². The molecule has 2 rings (SSSR count). The van der Waals surface area contributed by atoms with Crippen LogP contribution in [0.25, 0.3) is 0 Å². The van der Waals surface area contributed by atoms with Gasteiger partial charge in [0.25, 0.3) is 0 Å². The molecule has 0 aliphatic carbocycles. The third-order valence-electron chi connectivity index (χ3n) is 2.47. The molecule has 0 spiro atoms. The van der Waals surface area contributed by atoms with Gasteiger partial charge in [-0.2, -0.15) is 5.10 Å². The Morgan fingerprint density at radius 1 is 1.43 bits per heavy atom. The molecular formula is C9H13N3O2. The van der Waals surface area contributed by atoms with Crippen LogP contribution < -0.4 is 4.90 Å². The first kappa shape index (κ1) is 9.05. The van der Waals surface area contributed by atoms with Crippen LogP contribution in [0.4, 0.5) is 5.82 Å². The largest absolute Gasteiger partial charge is 0.477 e. The highest BCUT2D eigenvalue weighted by Gasteiger charge is 2.15. The van der Waals surface area contributed by atoms with Crippen LogP contribution in [-0.4, -0.2) is 34.4 Å². The number of carboxylic acid groups (broad SMARTS) is 1. The van der Waals surface area contributed by atoms with E-state index in [1.165, 1.54) is 6.42 Å². The Morgan fingerprint density at radius 2 is 2.14 bits per heavy atom. The van der Waals surface area contributed by atoms with Crippen LogP contribution in [0.5, 0.6) is 0 Å². The first-order chi connectivity index (χ1) is 6.77. The Kier molecular flexibility index (Phi) is 2.39. The van der Waals surface area contributed by atoms with E-state index in [9.17, 15) is 4.79 Å². The maximum Gasteiger partial charge on any atom is 0.353 e. The van der Waals surface area contributed by atoms with Gasteiger partial charge in [0.05, 0.1) is 0 Å². The minimum atomic E-state index is -0.958. The summed E-state index contributed by atoms with van der Waals surface area (Å²) in [6.07, 6.45) is 3.58. The van der Waals surface area contributed by atoms with Gasteiger partial charge in [0, 0.05) is 19.2 Å². The molecule has 1 aromatic rings. The van der Waals surface area contributed by atoms with Crippen molar-refractivity contribution in [2.75, 3.05) is 18.0 Å². The molecule has 1 aliphatic rings. The average molecular weight is 195 g/mol. The fourth-order valence-electron chi connectivity index (χ4n) is 1.71. The number of anilines is 1. The van der Waals surface area contributed by atoms with E-state index in [0.717, 1.165) is 31.7 Å². The molecule has 0 atom stereocenters. The molecule has 5 heteroatoms. The third kappa shape index (κ3) is 1.71. The fraction of sp³-hybridized carbons (Fsp3) is 0.556. The Balaban J connectivity index is 2.11. The number of rotatable bonds is 2. The molecule has 1 fully saturated rings. The standard InChI is InChI=1S/C9H13N3O2/c13-9(14)7-6-8(11-10-7)12-4-2-1-3-5-12/h6H,1-5H2,(H,10,11)(H,13,14). The van der Waals surface area contributed by atoms with E-state index in [-0.39, 0.29) is 5.69 Å². The number of aromatic nitrogens is 2. The molecule has 0 bridgehead atoms. The molecular weight excluding hydrogens is 182 g/mol. The number of nitrogens with one attached hydrogen (secondary N) is 1. The zero-order chi connectivity index (χ0) is 9.97. The molecule has 0 saturated carbocycles. The van der Waals surface area contributed by atoms with Crippen molar-refractivity contribution in [2.24, 2.45) is 0 Å². The van der Waals surface area contributed by atoms with Gasteiger partial charge in [-0.3, -0.25) is 5.10 Å².